The van der Waals surface area contributed by atoms with Gasteiger partial charge in [-0.2, -0.15) is 0 Å². The lowest BCUT2D eigenvalue weighted by Crippen LogP contribution is -2.45. The SMILES string of the molecule is Cc1nc2c(NC(=O)COCCOCCOCCNC(=O)OC(C)(C)C)cccc2c(=O)n1C1CCC(=O)NC1=O. The Kier molecular flexibility index (Phi) is 11.3. The Bertz CT molecular complexity index is 1320. The minimum atomic E-state index is -0.835. The normalized spacial score (nSPS) is 15.5. The molecule has 3 rings (SSSR count). The first-order chi connectivity index (χ1) is 19.5. The highest BCUT2D eigenvalue weighted by molar-refractivity contribution is 6.01. The molecule has 1 saturated heterocycles. The maximum atomic E-state index is 13.2. The highest BCUT2D eigenvalue weighted by Gasteiger charge is 2.30. The molecule has 14 nitrogen and oxygen atoms in total. The zero-order valence-electron chi connectivity index (χ0n) is 23.7. The molecule has 2 heterocycles. The van der Waals surface area contributed by atoms with Crippen molar-refractivity contribution >= 4 is 40.4 Å². The number of benzene rings is 1. The summed E-state index contributed by atoms with van der Waals surface area (Å²) in [5.74, 6) is -1.07. The molecule has 1 aliphatic heterocycles. The molecule has 224 valence electrons. The maximum absolute atomic E-state index is 13.2. The molecule has 0 aliphatic carbocycles. The van der Waals surface area contributed by atoms with Crippen LogP contribution in [0.2, 0.25) is 0 Å². The van der Waals surface area contributed by atoms with Gasteiger partial charge in [-0.3, -0.25) is 29.1 Å². The molecule has 1 aromatic heterocycles. The zero-order valence-corrected chi connectivity index (χ0v) is 23.7. The summed E-state index contributed by atoms with van der Waals surface area (Å²) >= 11 is 0. The molecule has 4 amide bonds. The van der Waals surface area contributed by atoms with E-state index < -0.39 is 35.1 Å². The molecule has 1 aliphatic rings. The summed E-state index contributed by atoms with van der Waals surface area (Å²) in [6.45, 7) is 8.41. The van der Waals surface area contributed by atoms with E-state index in [1.807, 2.05) is 0 Å². The van der Waals surface area contributed by atoms with Gasteiger partial charge < -0.3 is 29.6 Å². The van der Waals surface area contributed by atoms with Crippen LogP contribution in [0, 0.1) is 6.92 Å². The fourth-order valence-corrected chi connectivity index (χ4v) is 4.06. The summed E-state index contributed by atoms with van der Waals surface area (Å²) in [5.41, 5.74) is -0.368. The van der Waals surface area contributed by atoms with Crippen molar-refractivity contribution in [2.24, 2.45) is 0 Å². The number of para-hydroxylation sites is 1. The average Bonchev–Trinajstić information content (AvgIpc) is 2.88. The van der Waals surface area contributed by atoms with Crippen molar-refractivity contribution in [2.75, 3.05) is 51.5 Å². The molecule has 0 bridgehead atoms. The number of nitrogens with one attached hydrogen (secondary N) is 3. The molecule has 0 radical (unpaired) electrons. The number of hydrogen-bond donors (Lipinski definition) is 3. The number of carbonyl (C=O) groups is 4. The Morgan fingerprint density at radius 2 is 1.73 bits per heavy atom. The molecule has 3 N–H and O–H groups in total. The van der Waals surface area contributed by atoms with Crippen molar-refractivity contribution in [3.05, 3.63) is 34.4 Å². The van der Waals surface area contributed by atoms with Gasteiger partial charge in [0.05, 0.1) is 44.1 Å². The van der Waals surface area contributed by atoms with Crippen molar-refractivity contribution in [3.8, 4) is 0 Å². The van der Waals surface area contributed by atoms with Crippen LogP contribution in [-0.2, 0) is 33.3 Å². The van der Waals surface area contributed by atoms with Crippen molar-refractivity contribution in [2.45, 2.75) is 52.2 Å². The van der Waals surface area contributed by atoms with Gasteiger partial charge in [0.2, 0.25) is 17.7 Å². The van der Waals surface area contributed by atoms with E-state index in [0.717, 1.165) is 0 Å². The standard InChI is InChI=1S/C27H37N5O9/c1-17-29-23-18(25(36)32(17)20-8-9-21(33)31-24(20)35)6-5-7-19(23)30-22(34)16-40-15-14-39-13-12-38-11-10-28-26(37)41-27(2,3)4/h5-7,20H,8-16H2,1-4H3,(H,28,37)(H,30,34)(H,31,33,35). The van der Waals surface area contributed by atoms with E-state index >= 15 is 0 Å². The second kappa shape index (κ2) is 14.7. The first-order valence-electron chi connectivity index (χ1n) is 13.3. The van der Waals surface area contributed by atoms with Gasteiger partial charge in [0.25, 0.3) is 5.56 Å². The first kappa shape index (κ1) is 31.6. The Hall–Kier alpha value is -3.88. The van der Waals surface area contributed by atoms with Gasteiger partial charge in [-0.1, -0.05) is 6.07 Å². The number of alkyl carbamates (subject to hydrolysis) is 1. The molecule has 0 spiro atoms. The summed E-state index contributed by atoms with van der Waals surface area (Å²) in [6.07, 6.45) is -0.167. The van der Waals surface area contributed by atoms with Crippen LogP contribution in [-0.4, -0.2) is 85.2 Å². The van der Waals surface area contributed by atoms with Crippen LogP contribution in [0.3, 0.4) is 0 Å². The van der Waals surface area contributed by atoms with Crippen LogP contribution < -0.4 is 21.5 Å². The second-order valence-corrected chi connectivity index (χ2v) is 10.3. The summed E-state index contributed by atoms with van der Waals surface area (Å²) in [6, 6.07) is 3.96. The van der Waals surface area contributed by atoms with Gasteiger partial charge >= 0.3 is 6.09 Å². The number of ether oxygens (including phenoxy) is 4. The number of fused-ring (bicyclic) bond motifs is 1. The third kappa shape index (κ3) is 9.62. The van der Waals surface area contributed by atoms with Gasteiger partial charge in [0.1, 0.15) is 29.6 Å². The van der Waals surface area contributed by atoms with Crippen molar-refractivity contribution in [1.82, 2.24) is 20.2 Å². The van der Waals surface area contributed by atoms with E-state index in [4.69, 9.17) is 18.9 Å². The van der Waals surface area contributed by atoms with E-state index in [1.165, 1.54) is 4.57 Å². The number of nitrogens with zero attached hydrogens (tertiary/aromatic N) is 2. The third-order valence-corrected chi connectivity index (χ3v) is 5.80. The largest absolute Gasteiger partial charge is 0.444 e. The topological polar surface area (TPSA) is 176 Å². The Morgan fingerprint density at radius 3 is 2.41 bits per heavy atom. The number of anilines is 1. The van der Waals surface area contributed by atoms with E-state index in [0.29, 0.717) is 32.1 Å². The van der Waals surface area contributed by atoms with Gasteiger partial charge in [-0.05, 0) is 46.2 Å². The first-order valence-corrected chi connectivity index (χ1v) is 13.3. The van der Waals surface area contributed by atoms with Crippen LogP contribution in [0.5, 0.6) is 0 Å². The number of aryl methyl sites for hydroxylation is 1. The van der Waals surface area contributed by atoms with Gasteiger partial charge in [0.15, 0.2) is 0 Å². The predicted molar refractivity (Wildman–Crippen MR) is 147 cm³/mol. The molecule has 41 heavy (non-hydrogen) atoms. The fraction of sp³-hybridized carbons (Fsp3) is 0.556. The van der Waals surface area contributed by atoms with Crippen molar-refractivity contribution < 1.29 is 38.1 Å². The van der Waals surface area contributed by atoms with E-state index in [-0.39, 0.29) is 55.3 Å². The molecule has 1 aromatic carbocycles. The monoisotopic (exact) mass is 575 g/mol. The molecule has 1 unspecified atom stereocenters. The number of imide groups is 1. The summed E-state index contributed by atoms with van der Waals surface area (Å²) in [5, 5.41) is 7.78. The van der Waals surface area contributed by atoms with Crippen LogP contribution in [0.4, 0.5) is 10.5 Å². The van der Waals surface area contributed by atoms with Crippen LogP contribution >= 0.6 is 0 Å². The Labute approximate surface area is 237 Å². The Balaban J connectivity index is 1.38. The predicted octanol–water partition coefficient (Wildman–Crippen LogP) is 1.20. The third-order valence-electron chi connectivity index (χ3n) is 5.80. The number of aromatic nitrogens is 2. The maximum Gasteiger partial charge on any atom is 0.407 e. The second-order valence-electron chi connectivity index (χ2n) is 10.3. The quantitative estimate of drug-likeness (QED) is 0.232. The Morgan fingerprint density at radius 1 is 1.05 bits per heavy atom. The number of amides is 4. The minimum Gasteiger partial charge on any atom is -0.444 e. The van der Waals surface area contributed by atoms with Gasteiger partial charge in [-0.25, -0.2) is 9.78 Å². The number of piperidine rings is 1. The molecule has 0 saturated carbocycles. The molecule has 1 fully saturated rings. The molecule has 14 heteroatoms. The smallest absolute Gasteiger partial charge is 0.407 e. The highest BCUT2D eigenvalue weighted by Crippen LogP contribution is 2.23. The molecule has 2 aromatic rings. The lowest BCUT2D eigenvalue weighted by molar-refractivity contribution is -0.135. The fourth-order valence-electron chi connectivity index (χ4n) is 4.06. The van der Waals surface area contributed by atoms with Gasteiger partial charge in [0, 0.05) is 13.0 Å². The lowest BCUT2D eigenvalue weighted by Gasteiger charge is -2.24. The molecule has 1 atom stereocenters. The summed E-state index contributed by atoms with van der Waals surface area (Å²) < 4.78 is 22.5. The van der Waals surface area contributed by atoms with E-state index in [2.05, 4.69) is 20.9 Å². The summed E-state index contributed by atoms with van der Waals surface area (Å²) in [7, 11) is 0. The average molecular weight is 576 g/mol. The molecular formula is C27H37N5O9. The van der Waals surface area contributed by atoms with Crippen LogP contribution in [0.25, 0.3) is 10.9 Å². The number of carbonyl (C=O) groups excluding carboxylic acids is 4. The van der Waals surface area contributed by atoms with Crippen molar-refractivity contribution in [3.63, 3.8) is 0 Å². The summed E-state index contributed by atoms with van der Waals surface area (Å²) in [4.78, 5) is 65.5. The highest BCUT2D eigenvalue weighted by atomic mass is 16.6. The van der Waals surface area contributed by atoms with Crippen LogP contribution in [0.1, 0.15) is 45.5 Å². The van der Waals surface area contributed by atoms with E-state index in [9.17, 15) is 24.0 Å². The van der Waals surface area contributed by atoms with Crippen molar-refractivity contribution in [1.29, 1.82) is 0 Å². The lowest BCUT2D eigenvalue weighted by atomic mass is 10.1. The van der Waals surface area contributed by atoms with Gasteiger partial charge in [-0.15, -0.1) is 0 Å². The molecular weight excluding hydrogens is 538 g/mol. The van der Waals surface area contributed by atoms with Crippen LogP contribution in [0.15, 0.2) is 23.0 Å². The minimum absolute atomic E-state index is 0.129. The zero-order chi connectivity index (χ0) is 30.0. The number of hydrogen-bond acceptors (Lipinski definition) is 10. The number of rotatable bonds is 13. The van der Waals surface area contributed by atoms with E-state index in [1.54, 1.807) is 45.9 Å².